The topological polar surface area (TPSA) is 72.3 Å². The second-order valence-electron chi connectivity index (χ2n) is 4.10. The van der Waals surface area contributed by atoms with Crippen molar-refractivity contribution in [2.45, 2.75) is 13.3 Å². The number of carbonyl (C=O) groups is 1. The molecule has 1 aromatic carbocycles. The number of hydrogen-bond donors (Lipinski definition) is 1. The van der Waals surface area contributed by atoms with E-state index in [0.717, 1.165) is 12.1 Å². The molecule has 0 spiro atoms. The lowest BCUT2D eigenvalue weighted by Crippen LogP contribution is -2.17. The van der Waals surface area contributed by atoms with E-state index in [2.05, 4.69) is 14.7 Å². The molecular weight excluding hydrogens is 289 g/mol. The molecule has 0 saturated carbocycles. The Balaban J connectivity index is 2.42. The SMILES string of the molecule is Cc1cc(C(=O)O)nc(-c2cccc(OC(F)(F)F)c2)n1. The predicted octanol–water partition coefficient (Wildman–Crippen LogP) is 3.05. The van der Waals surface area contributed by atoms with Gasteiger partial charge in [0.1, 0.15) is 5.75 Å². The zero-order chi connectivity index (χ0) is 15.6. The number of nitrogens with zero attached hydrogens (tertiary/aromatic N) is 2. The second-order valence-corrected chi connectivity index (χ2v) is 4.10. The van der Waals surface area contributed by atoms with Crippen LogP contribution in [0.4, 0.5) is 13.2 Å². The van der Waals surface area contributed by atoms with Crippen LogP contribution in [0.3, 0.4) is 0 Å². The van der Waals surface area contributed by atoms with Crippen LogP contribution < -0.4 is 4.74 Å². The molecule has 0 radical (unpaired) electrons. The number of carboxylic acids is 1. The number of aryl methyl sites for hydroxylation is 1. The Morgan fingerprint density at radius 2 is 1.95 bits per heavy atom. The highest BCUT2D eigenvalue weighted by Crippen LogP contribution is 2.26. The molecule has 8 heteroatoms. The molecule has 110 valence electrons. The van der Waals surface area contributed by atoms with Crippen molar-refractivity contribution in [3.05, 3.63) is 41.7 Å². The highest BCUT2D eigenvalue weighted by molar-refractivity contribution is 5.86. The molecule has 5 nitrogen and oxygen atoms in total. The van der Waals surface area contributed by atoms with E-state index in [1.54, 1.807) is 6.92 Å². The Bertz CT molecular complexity index is 687. The third-order valence-electron chi connectivity index (χ3n) is 2.40. The van der Waals surface area contributed by atoms with Gasteiger partial charge in [-0.1, -0.05) is 12.1 Å². The molecule has 1 aromatic heterocycles. The molecule has 0 aliphatic heterocycles. The number of hydrogen-bond acceptors (Lipinski definition) is 4. The standard InChI is InChI=1S/C13H9F3N2O3/c1-7-5-10(12(19)20)18-11(17-7)8-3-2-4-9(6-8)21-13(14,15)16/h2-6H,1H3,(H,19,20). The number of aromatic nitrogens is 2. The first-order valence-electron chi connectivity index (χ1n) is 5.70. The third kappa shape index (κ3) is 3.91. The minimum atomic E-state index is -4.81. The van der Waals surface area contributed by atoms with E-state index in [1.807, 2.05) is 0 Å². The van der Waals surface area contributed by atoms with Crippen LogP contribution in [0.2, 0.25) is 0 Å². The fourth-order valence-electron chi connectivity index (χ4n) is 1.64. The zero-order valence-electron chi connectivity index (χ0n) is 10.7. The Kier molecular flexibility index (Phi) is 3.79. The molecule has 0 saturated heterocycles. The van der Waals surface area contributed by atoms with Crippen molar-refractivity contribution in [2.75, 3.05) is 0 Å². The molecule has 0 atom stereocenters. The first-order valence-corrected chi connectivity index (χ1v) is 5.70. The summed E-state index contributed by atoms with van der Waals surface area (Å²) in [4.78, 5) is 18.7. The summed E-state index contributed by atoms with van der Waals surface area (Å²) in [5.41, 5.74) is 0.377. The third-order valence-corrected chi connectivity index (χ3v) is 2.40. The molecule has 21 heavy (non-hydrogen) atoms. The normalized spacial score (nSPS) is 11.2. The molecule has 0 fully saturated rings. The molecule has 2 aromatic rings. The van der Waals surface area contributed by atoms with Crippen molar-refractivity contribution in [1.82, 2.24) is 9.97 Å². The lowest BCUT2D eigenvalue weighted by molar-refractivity contribution is -0.274. The molecular formula is C13H9F3N2O3. The summed E-state index contributed by atoms with van der Waals surface area (Å²) in [5, 5.41) is 8.92. The molecule has 0 unspecified atom stereocenters. The highest BCUT2D eigenvalue weighted by Gasteiger charge is 2.31. The molecule has 0 amide bonds. The van der Waals surface area contributed by atoms with Crippen LogP contribution in [0.15, 0.2) is 30.3 Å². The number of rotatable bonds is 3. The average Bonchev–Trinajstić information content (AvgIpc) is 2.36. The van der Waals surface area contributed by atoms with Gasteiger partial charge in [0.15, 0.2) is 11.5 Å². The Hall–Kier alpha value is -2.64. The van der Waals surface area contributed by atoms with Gasteiger partial charge < -0.3 is 9.84 Å². The van der Waals surface area contributed by atoms with E-state index in [9.17, 15) is 18.0 Å². The summed E-state index contributed by atoms with van der Waals surface area (Å²) < 4.78 is 40.3. The predicted molar refractivity (Wildman–Crippen MR) is 65.8 cm³/mol. The van der Waals surface area contributed by atoms with Gasteiger partial charge in [0, 0.05) is 11.3 Å². The number of halogens is 3. The minimum Gasteiger partial charge on any atom is -0.477 e. The maximum Gasteiger partial charge on any atom is 0.573 e. The van der Waals surface area contributed by atoms with Crippen molar-refractivity contribution in [3.63, 3.8) is 0 Å². The van der Waals surface area contributed by atoms with Gasteiger partial charge in [0.25, 0.3) is 0 Å². The van der Waals surface area contributed by atoms with Crippen molar-refractivity contribution < 1.29 is 27.8 Å². The van der Waals surface area contributed by atoms with Crippen molar-refractivity contribution in [3.8, 4) is 17.1 Å². The monoisotopic (exact) mass is 298 g/mol. The van der Waals surface area contributed by atoms with Crippen LogP contribution in [0.1, 0.15) is 16.2 Å². The second kappa shape index (κ2) is 5.39. The van der Waals surface area contributed by atoms with Crippen LogP contribution in [0.5, 0.6) is 5.75 Å². The summed E-state index contributed by atoms with van der Waals surface area (Å²) in [6.45, 7) is 1.56. The lowest BCUT2D eigenvalue weighted by Gasteiger charge is -2.10. The zero-order valence-corrected chi connectivity index (χ0v) is 10.7. The van der Waals surface area contributed by atoms with Crippen molar-refractivity contribution in [1.29, 1.82) is 0 Å². The molecule has 1 heterocycles. The fraction of sp³-hybridized carbons (Fsp3) is 0.154. The van der Waals surface area contributed by atoms with E-state index in [-0.39, 0.29) is 17.1 Å². The van der Waals surface area contributed by atoms with E-state index < -0.39 is 18.1 Å². The van der Waals surface area contributed by atoms with Gasteiger partial charge in [-0.15, -0.1) is 13.2 Å². The van der Waals surface area contributed by atoms with Crippen LogP contribution in [-0.2, 0) is 0 Å². The molecule has 1 N–H and O–H groups in total. The number of carboxylic acid groups (broad SMARTS) is 1. The largest absolute Gasteiger partial charge is 0.573 e. The Morgan fingerprint density at radius 3 is 2.57 bits per heavy atom. The smallest absolute Gasteiger partial charge is 0.477 e. The van der Waals surface area contributed by atoms with Gasteiger partial charge in [-0.2, -0.15) is 0 Å². The van der Waals surface area contributed by atoms with Gasteiger partial charge in [-0.05, 0) is 25.1 Å². The van der Waals surface area contributed by atoms with Gasteiger partial charge in [-0.3, -0.25) is 0 Å². The summed E-state index contributed by atoms with van der Waals surface area (Å²) in [5.74, 6) is -1.66. The van der Waals surface area contributed by atoms with E-state index in [4.69, 9.17) is 5.11 Å². The maximum atomic E-state index is 12.2. The number of benzene rings is 1. The number of alkyl halides is 3. The maximum absolute atomic E-state index is 12.2. The molecule has 0 bridgehead atoms. The average molecular weight is 298 g/mol. The van der Waals surface area contributed by atoms with E-state index in [1.165, 1.54) is 18.2 Å². The minimum absolute atomic E-state index is 0.0139. The molecule has 0 aliphatic carbocycles. The summed E-state index contributed by atoms with van der Waals surface area (Å²) >= 11 is 0. The van der Waals surface area contributed by atoms with Crippen LogP contribution in [-0.4, -0.2) is 27.4 Å². The Labute approximate surface area is 117 Å². The van der Waals surface area contributed by atoms with Crippen LogP contribution >= 0.6 is 0 Å². The summed E-state index contributed by atoms with van der Waals surface area (Å²) in [7, 11) is 0. The first-order chi connectivity index (χ1) is 9.74. The highest BCUT2D eigenvalue weighted by atomic mass is 19.4. The van der Waals surface area contributed by atoms with Crippen LogP contribution in [0.25, 0.3) is 11.4 Å². The van der Waals surface area contributed by atoms with Crippen molar-refractivity contribution in [2.24, 2.45) is 0 Å². The first kappa shape index (κ1) is 14.8. The van der Waals surface area contributed by atoms with Crippen molar-refractivity contribution >= 4 is 5.97 Å². The molecule has 0 aliphatic rings. The quantitative estimate of drug-likeness (QED) is 0.943. The Morgan fingerprint density at radius 1 is 1.24 bits per heavy atom. The fourth-order valence-corrected chi connectivity index (χ4v) is 1.64. The van der Waals surface area contributed by atoms with Gasteiger partial charge in [-0.25, -0.2) is 14.8 Å². The number of aromatic carboxylic acids is 1. The summed E-state index contributed by atoms with van der Waals surface area (Å²) in [6, 6.07) is 6.28. The van der Waals surface area contributed by atoms with E-state index >= 15 is 0 Å². The van der Waals surface area contributed by atoms with Crippen LogP contribution in [0, 0.1) is 6.92 Å². The van der Waals surface area contributed by atoms with Gasteiger partial charge in [0.05, 0.1) is 0 Å². The lowest BCUT2D eigenvalue weighted by atomic mass is 10.2. The molecule has 2 rings (SSSR count). The summed E-state index contributed by atoms with van der Waals surface area (Å²) in [6.07, 6.45) is -4.81. The van der Waals surface area contributed by atoms with E-state index in [0.29, 0.717) is 5.69 Å². The van der Waals surface area contributed by atoms with Gasteiger partial charge in [0.2, 0.25) is 0 Å². The number of ether oxygens (including phenoxy) is 1. The van der Waals surface area contributed by atoms with Gasteiger partial charge >= 0.3 is 12.3 Å².